The van der Waals surface area contributed by atoms with Crippen molar-refractivity contribution in [2.24, 2.45) is 0 Å². The van der Waals surface area contributed by atoms with Gasteiger partial charge in [-0.25, -0.2) is 0 Å². The van der Waals surface area contributed by atoms with E-state index in [1.807, 2.05) is 36.5 Å². The van der Waals surface area contributed by atoms with Crippen LogP contribution in [0.3, 0.4) is 0 Å². The lowest BCUT2D eigenvalue weighted by atomic mass is 10.1. The number of rotatable bonds is 15. The zero-order chi connectivity index (χ0) is 19.5. The Morgan fingerprint density at radius 1 is 0.846 bits per heavy atom. The van der Waals surface area contributed by atoms with Gasteiger partial charge in [-0.2, -0.15) is 0 Å². The Hall–Kier alpha value is -1.91. The van der Waals surface area contributed by atoms with Gasteiger partial charge in [0, 0.05) is 6.42 Å². The van der Waals surface area contributed by atoms with E-state index in [1.54, 1.807) is 19.1 Å². The Morgan fingerprint density at radius 3 is 2.31 bits per heavy atom. The van der Waals surface area contributed by atoms with E-state index in [-0.39, 0.29) is 6.42 Å². The topological polar surface area (TPSA) is 77.8 Å². The van der Waals surface area contributed by atoms with Crippen LogP contribution >= 0.6 is 0 Å². The summed E-state index contributed by atoms with van der Waals surface area (Å²) in [5.74, 6) is -0.718. The number of carbonyl (C=O) groups is 1. The van der Waals surface area contributed by atoms with Gasteiger partial charge in [0.1, 0.15) is 0 Å². The van der Waals surface area contributed by atoms with Crippen molar-refractivity contribution in [3.05, 3.63) is 60.8 Å². The van der Waals surface area contributed by atoms with Crippen LogP contribution in [0.1, 0.15) is 58.3 Å². The lowest BCUT2D eigenvalue weighted by Gasteiger charge is -1.98. The summed E-state index contributed by atoms with van der Waals surface area (Å²) >= 11 is 0. The van der Waals surface area contributed by atoms with Crippen molar-refractivity contribution in [1.29, 1.82) is 0 Å². The zero-order valence-electron chi connectivity index (χ0n) is 15.8. The van der Waals surface area contributed by atoms with Crippen molar-refractivity contribution >= 4 is 5.97 Å². The maximum Gasteiger partial charge on any atom is 0.303 e. The van der Waals surface area contributed by atoms with Crippen LogP contribution < -0.4 is 0 Å². The van der Waals surface area contributed by atoms with Crippen molar-refractivity contribution < 1.29 is 20.1 Å². The molecule has 0 aromatic rings. The molecule has 0 saturated carbocycles. The minimum absolute atomic E-state index is 0.264. The number of aliphatic hydroxyl groups is 2. The Morgan fingerprint density at radius 2 is 1.58 bits per heavy atom. The van der Waals surface area contributed by atoms with Crippen molar-refractivity contribution in [3.8, 4) is 0 Å². The normalized spacial score (nSPS) is 15.2. The minimum atomic E-state index is -0.718. The number of carboxylic acids is 1. The largest absolute Gasteiger partial charge is 0.481 e. The number of allylic oxidation sites excluding steroid dienone is 7. The molecule has 26 heavy (non-hydrogen) atoms. The second-order valence-corrected chi connectivity index (χ2v) is 6.19. The molecule has 0 aliphatic carbocycles. The fourth-order valence-corrected chi connectivity index (χ4v) is 2.12. The van der Waals surface area contributed by atoms with E-state index in [9.17, 15) is 9.90 Å². The number of carboxylic acid groups (broad SMARTS) is 1. The highest BCUT2D eigenvalue weighted by Gasteiger charge is 1.95. The van der Waals surface area contributed by atoms with E-state index < -0.39 is 18.2 Å². The van der Waals surface area contributed by atoms with E-state index in [2.05, 4.69) is 12.2 Å². The van der Waals surface area contributed by atoms with Crippen LogP contribution in [-0.2, 0) is 4.79 Å². The van der Waals surface area contributed by atoms with E-state index in [0.29, 0.717) is 6.42 Å². The highest BCUT2D eigenvalue weighted by Crippen LogP contribution is 2.04. The molecule has 0 aliphatic rings. The summed E-state index contributed by atoms with van der Waals surface area (Å²) in [5.41, 5.74) is 0. The Labute approximate surface area is 157 Å². The summed E-state index contributed by atoms with van der Waals surface area (Å²) < 4.78 is 0. The SMILES string of the molecule is CC(O)/C=C\C/C=C\CC(O)/C=C/C=C\C/C=C\CCCCCC(=O)O. The van der Waals surface area contributed by atoms with Gasteiger partial charge in [-0.15, -0.1) is 0 Å². The Balaban J connectivity index is 3.65. The predicted octanol–water partition coefficient (Wildman–Crippen LogP) is 4.71. The van der Waals surface area contributed by atoms with Gasteiger partial charge in [0.25, 0.3) is 0 Å². The highest BCUT2D eigenvalue weighted by molar-refractivity contribution is 5.66. The number of hydrogen-bond donors (Lipinski definition) is 3. The van der Waals surface area contributed by atoms with Crippen LogP contribution in [0.2, 0.25) is 0 Å². The molecule has 0 spiro atoms. The molecule has 2 atom stereocenters. The number of hydrogen-bond acceptors (Lipinski definition) is 3. The van der Waals surface area contributed by atoms with Crippen LogP contribution in [-0.4, -0.2) is 33.5 Å². The van der Waals surface area contributed by atoms with Crippen LogP contribution in [0.4, 0.5) is 0 Å². The summed E-state index contributed by atoms with van der Waals surface area (Å²) in [5, 5.41) is 27.4. The molecule has 2 unspecified atom stereocenters. The molecular weight excluding hydrogens is 328 g/mol. The van der Waals surface area contributed by atoms with E-state index in [0.717, 1.165) is 38.5 Å². The van der Waals surface area contributed by atoms with Crippen molar-refractivity contribution in [1.82, 2.24) is 0 Å². The summed E-state index contributed by atoms with van der Waals surface area (Å²) in [4.78, 5) is 10.4. The molecule has 0 saturated heterocycles. The fourth-order valence-electron chi connectivity index (χ4n) is 2.12. The van der Waals surface area contributed by atoms with E-state index in [4.69, 9.17) is 10.2 Å². The molecule has 3 N–H and O–H groups in total. The summed E-state index contributed by atoms with van der Waals surface area (Å²) in [6.07, 6.45) is 24.6. The average molecular weight is 363 g/mol. The molecule has 0 aromatic heterocycles. The Bertz CT molecular complexity index is 484. The molecular formula is C22H34O4. The molecule has 4 heteroatoms. The molecule has 0 heterocycles. The van der Waals surface area contributed by atoms with E-state index >= 15 is 0 Å². The zero-order valence-corrected chi connectivity index (χ0v) is 15.8. The van der Waals surface area contributed by atoms with Crippen molar-refractivity contribution in [3.63, 3.8) is 0 Å². The third-order valence-electron chi connectivity index (χ3n) is 3.51. The maximum absolute atomic E-state index is 10.4. The quantitative estimate of drug-likeness (QED) is 0.224. The first kappa shape index (κ1) is 24.1. The average Bonchev–Trinajstić information content (AvgIpc) is 2.58. The first-order valence-corrected chi connectivity index (χ1v) is 9.40. The van der Waals surface area contributed by atoms with Gasteiger partial charge in [-0.1, -0.05) is 67.2 Å². The third kappa shape index (κ3) is 20.1. The molecule has 0 rings (SSSR count). The van der Waals surface area contributed by atoms with Gasteiger partial charge >= 0.3 is 5.97 Å². The standard InChI is InChI=1S/C22H34O4/c1-20(23)16-12-10-11-14-18-21(24)17-13-8-6-4-2-3-5-7-9-15-19-22(25)26/h2-3,6,8,11-14,16-17,20-21,23-24H,4-5,7,9-10,15,18-19H2,1H3,(H,25,26)/b3-2-,8-6-,14-11-,16-12-,17-13+. The van der Waals surface area contributed by atoms with Gasteiger partial charge in [0.2, 0.25) is 0 Å². The molecule has 0 radical (unpaired) electrons. The van der Waals surface area contributed by atoms with Crippen LogP contribution in [0.25, 0.3) is 0 Å². The lowest BCUT2D eigenvalue weighted by Crippen LogP contribution is -1.98. The van der Waals surface area contributed by atoms with Crippen molar-refractivity contribution in [2.45, 2.75) is 70.5 Å². The molecule has 0 amide bonds. The monoisotopic (exact) mass is 362 g/mol. The molecule has 0 bridgehead atoms. The summed E-state index contributed by atoms with van der Waals surface area (Å²) in [6.45, 7) is 1.71. The van der Waals surface area contributed by atoms with Crippen LogP contribution in [0.5, 0.6) is 0 Å². The minimum Gasteiger partial charge on any atom is -0.481 e. The third-order valence-corrected chi connectivity index (χ3v) is 3.51. The highest BCUT2D eigenvalue weighted by atomic mass is 16.4. The molecule has 0 fully saturated rings. The van der Waals surface area contributed by atoms with Gasteiger partial charge in [0.05, 0.1) is 12.2 Å². The molecule has 0 aliphatic heterocycles. The van der Waals surface area contributed by atoms with Crippen LogP contribution in [0, 0.1) is 0 Å². The van der Waals surface area contributed by atoms with Gasteiger partial charge < -0.3 is 15.3 Å². The Kier molecular flexibility index (Phi) is 16.6. The second kappa shape index (κ2) is 17.9. The summed E-state index contributed by atoms with van der Waals surface area (Å²) in [6, 6.07) is 0. The smallest absolute Gasteiger partial charge is 0.303 e. The first-order chi connectivity index (χ1) is 12.5. The van der Waals surface area contributed by atoms with Crippen LogP contribution in [0.15, 0.2) is 60.8 Å². The van der Waals surface area contributed by atoms with E-state index in [1.165, 1.54) is 0 Å². The molecule has 0 aromatic carbocycles. The fraction of sp³-hybridized carbons (Fsp3) is 0.500. The van der Waals surface area contributed by atoms with Gasteiger partial charge in [-0.3, -0.25) is 4.79 Å². The summed E-state index contributed by atoms with van der Waals surface area (Å²) in [7, 11) is 0. The number of unbranched alkanes of at least 4 members (excludes halogenated alkanes) is 3. The molecule has 146 valence electrons. The first-order valence-electron chi connectivity index (χ1n) is 9.40. The van der Waals surface area contributed by atoms with Gasteiger partial charge in [0.15, 0.2) is 0 Å². The maximum atomic E-state index is 10.4. The lowest BCUT2D eigenvalue weighted by molar-refractivity contribution is -0.137. The second-order valence-electron chi connectivity index (χ2n) is 6.19. The van der Waals surface area contributed by atoms with Crippen molar-refractivity contribution in [2.75, 3.05) is 0 Å². The number of aliphatic carboxylic acids is 1. The molecule has 4 nitrogen and oxygen atoms in total. The number of aliphatic hydroxyl groups excluding tert-OH is 2. The van der Waals surface area contributed by atoms with Gasteiger partial charge in [-0.05, 0) is 45.4 Å². The predicted molar refractivity (Wildman–Crippen MR) is 108 cm³/mol.